The fourth-order valence-corrected chi connectivity index (χ4v) is 2.01. The smallest absolute Gasteiger partial charge is 0.250 e. The molecule has 0 unspecified atom stereocenters. The Morgan fingerprint density at radius 2 is 1.81 bits per heavy atom. The number of nitrogens with zero attached hydrogens (tertiary/aromatic N) is 4. The summed E-state index contributed by atoms with van der Waals surface area (Å²) in [4.78, 5) is 6.30. The molecule has 3 N–H and O–H groups in total. The number of nitrogens with one attached hydrogen (secondary N) is 1. The summed E-state index contributed by atoms with van der Waals surface area (Å²) in [6.07, 6.45) is 0. The molecule has 0 saturated carbocycles. The molecule has 0 fully saturated rings. The van der Waals surface area contributed by atoms with Crippen LogP contribution in [-0.4, -0.2) is 28.1 Å². The number of fused-ring (bicyclic) bond motifs is 1. The molecule has 0 saturated heterocycles. The molecule has 1 heterocycles. The highest BCUT2D eigenvalue weighted by Gasteiger charge is 2.10. The molecule has 3 aromatic rings. The maximum absolute atomic E-state index is 7.50. The van der Waals surface area contributed by atoms with Crippen molar-refractivity contribution in [2.45, 2.75) is 0 Å². The van der Waals surface area contributed by atoms with E-state index in [0.29, 0.717) is 11.5 Å². The van der Waals surface area contributed by atoms with E-state index in [9.17, 15) is 0 Å². The molecule has 3 rings (SSSR count). The van der Waals surface area contributed by atoms with E-state index in [1.165, 1.54) is 0 Å². The molecule has 0 aliphatic carbocycles. The number of amidine groups is 1. The molecule has 21 heavy (non-hydrogen) atoms. The number of nitrogens with two attached hydrogens (primary N) is 1. The second-order valence-corrected chi connectivity index (χ2v) is 4.62. The Kier molecular flexibility index (Phi) is 3.19. The van der Waals surface area contributed by atoms with Gasteiger partial charge in [0.05, 0.1) is 5.52 Å². The van der Waals surface area contributed by atoms with Crippen LogP contribution in [0.25, 0.3) is 11.0 Å². The van der Waals surface area contributed by atoms with Crippen molar-refractivity contribution in [1.82, 2.24) is 15.2 Å². The van der Waals surface area contributed by atoms with E-state index in [1.54, 1.807) is 6.07 Å². The summed E-state index contributed by atoms with van der Waals surface area (Å²) in [5.41, 5.74) is 8.57. The number of benzene rings is 2. The maximum atomic E-state index is 7.50. The summed E-state index contributed by atoms with van der Waals surface area (Å²) in [5.74, 6) is 0.525. The van der Waals surface area contributed by atoms with Gasteiger partial charge in [-0.2, -0.15) is 0 Å². The Bertz CT molecular complexity index is 814. The van der Waals surface area contributed by atoms with Crippen molar-refractivity contribution in [3.8, 4) is 0 Å². The normalized spacial score (nSPS) is 10.5. The van der Waals surface area contributed by atoms with Gasteiger partial charge in [0.2, 0.25) is 5.95 Å². The van der Waals surface area contributed by atoms with Gasteiger partial charge in [0, 0.05) is 18.3 Å². The molecule has 0 spiro atoms. The lowest BCUT2D eigenvalue weighted by Gasteiger charge is -2.17. The second-order valence-electron chi connectivity index (χ2n) is 4.62. The van der Waals surface area contributed by atoms with Crippen LogP contribution in [0.4, 0.5) is 11.6 Å². The number of para-hydroxylation sites is 1. The number of hydrogen-bond donors (Lipinski definition) is 2. The Morgan fingerprint density at radius 1 is 1.05 bits per heavy atom. The monoisotopic (exact) mass is 278 g/mol. The van der Waals surface area contributed by atoms with Crippen molar-refractivity contribution in [2.24, 2.45) is 5.73 Å². The zero-order valence-electron chi connectivity index (χ0n) is 11.5. The second kappa shape index (κ2) is 5.16. The molecule has 0 aliphatic heterocycles. The van der Waals surface area contributed by atoms with Crippen molar-refractivity contribution in [2.75, 3.05) is 11.9 Å². The molecule has 6 nitrogen and oxygen atoms in total. The largest absolute Gasteiger partial charge is 0.384 e. The number of nitrogen functional groups attached to an aromatic ring is 1. The molecule has 0 bridgehead atoms. The van der Waals surface area contributed by atoms with E-state index in [1.807, 2.05) is 54.4 Å². The predicted molar refractivity (Wildman–Crippen MR) is 82.9 cm³/mol. The molecular formula is C15H14N6. The summed E-state index contributed by atoms with van der Waals surface area (Å²) < 4.78 is 0. The van der Waals surface area contributed by atoms with Crippen LogP contribution in [0.3, 0.4) is 0 Å². The molecule has 0 radical (unpaired) electrons. The van der Waals surface area contributed by atoms with Gasteiger partial charge in [-0.1, -0.05) is 24.3 Å². The quantitative estimate of drug-likeness (QED) is 0.565. The van der Waals surface area contributed by atoms with Crippen LogP contribution in [-0.2, 0) is 0 Å². The summed E-state index contributed by atoms with van der Waals surface area (Å²) in [6.45, 7) is 0. The van der Waals surface area contributed by atoms with Gasteiger partial charge in [0.15, 0.2) is 0 Å². The zero-order valence-corrected chi connectivity index (χ0v) is 11.5. The minimum absolute atomic E-state index is 0.0304. The third-order valence-corrected chi connectivity index (χ3v) is 3.19. The molecule has 6 heteroatoms. The van der Waals surface area contributed by atoms with Crippen LogP contribution in [0.5, 0.6) is 0 Å². The minimum atomic E-state index is 0.0304. The highest BCUT2D eigenvalue weighted by atomic mass is 15.3. The SMILES string of the molecule is CN(c1cccc(C(=N)N)c1)c1nnc2ccccc2n1. The average molecular weight is 278 g/mol. The van der Waals surface area contributed by atoms with E-state index in [-0.39, 0.29) is 5.84 Å². The van der Waals surface area contributed by atoms with Crippen molar-refractivity contribution in [1.29, 1.82) is 5.41 Å². The Labute approximate surface area is 121 Å². The van der Waals surface area contributed by atoms with Gasteiger partial charge >= 0.3 is 0 Å². The van der Waals surface area contributed by atoms with Crippen LogP contribution >= 0.6 is 0 Å². The van der Waals surface area contributed by atoms with Crippen molar-refractivity contribution in [3.63, 3.8) is 0 Å². The van der Waals surface area contributed by atoms with Crippen LogP contribution < -0.4 is 10.6 Å². The first-order valence-electron chi connectivity index (χ1n) is 6.43. The summed E-state index contributed by atoms with van der Waals surface area (Å²) in [6, 6.07) is 14.9. The lowest BCUT2D eigenvalue weighted by Crippen LogP contribution is -2.16. The maximum Gasteiger partial charge on any atom is 0.250 e. The van der Waals surface area contributed by atoms with Gasteiger partial charge in [-0.25, -0.2) is 4.98 Å². The van der Waals surface area contributed by atoms with Gasteiger partial charge in [-0.3, -0.25) is 5.41 Å². The highest BCUT2D eigenvalue weighted by molar-refractivity contribution is 5.96. The Hall–Kier alpha value is -3.02. The predicted octanol–water partition coefficient (Wildman–Crippen LogP) is 2.08. The minimum Gasteiger partial charge on any atom is -0.384 e. The van der Waals surface area contributed by atoms with E-state index < -0.39 is 0 Å². The van der Waals surface area contributed by atoms with E-state index in [4.69, 9.17) is 11.1 Å². The highest BCUT2D eigenvalue weighted by Crippen LogP contribution is 2.21. The summed E-state index contributed by atoms with van der Waals surface area (Å²) >= 11 is 0. The number of aromatic nitrogens is 3. The van der Waals surface area contributed by atoms with Gasteiger partial charge in [-0.15, -0.1) is 10.2 Å². The fourth-order valence-electron chi connectivity index (χ4n) is 2.01. The number of anilines is 2. The molecule has 1 aromatic heterocycles. The molecule has 0 aliphatic rings. The number of hydrogen-bond acceptors (Lipinski definition) is 5. The van der Waals surface area contributed by atoms with Crippen LogP contribution in [0.2, 0.25) is 0 Å². The van der Waals surface area contributed by atoms with Crippen LogP contribution in [0, 0.1) is 5.41 Å². The first-order chi connectivity index (χ1) is 10.1. The van der Waals surface area contributed by atoms with Crippen molar-refractivity contribution >= 4 is 28.5 Å². The molecule has 104 valence electrons. The average Bonchev–Trinajstić information content (AvgIpc) is 2.53. The molecular weight excluding hydrogens is 264 g/mol. The van der Waals surface area contributed by atoms with Crippen LogP contribution in [0.1, 0.15) is 5.56 Å². The fraction of sp³-hybridized carbons (Fsp3) is 0.0667. The van der Waals surface area contributed by atoms with Gasteiger partial charge in [0.1, 0.15) is 11.4 Å². The van der Waals surface area contributed by atoms with Gasteiger partial charge in [-0.05, 0) is 24.3 Å². The third-order valence-electron chi connectivity index (χ3n) is 3.19. The first kappa shape index (κ1) is 13.0. The van der Waals surface area contributed by atoms with E-state index in [2.05, 4.69) is 15.2 Å². The standard InChI is InChI=1S/C15H14N6/c1-21(11-6-4-5-10(9-11)14(16)17)15-18-12-7-2-3-8-13(12)19-20-15/h2-9H,1H3,(H3,16,17). The number of rotatable bonds is 3. The zero-order chi connectivity index (χ0) is 14.8. The Balaban J connectivity index is 2.01. The Morgan fingerprint density at radius 3 is 2.57 bits per heavy atom. The summed E-state index contributed by atoms with van der Waals surface area (Å²) in [5, 5.41) is 15.8. The van der Waals surface area contributed by atoms with Crippen molar-refractivity contribution in [3.05, 3.63) is 54.1 Å². The van der Waals surface area contributed by atoms with Gasteiger partial charge in [0.25, 0.3) is 0 Å². The topological polar surface area (TPSA) is 91.8 Å². The molecule has 0 atom stereocenters. The lowest BCUT2D eigenvalue weighted by molar-refractivity contribution is 0.966. The van der Waals surface area contributed by atoms with Crippen molar-refractivity contribution < 1.29 is 0 Å². The van der Waals surface area contributed by atoms with E-state index in [0.717, 1.165) is 16.7 Å². The lowest BCUT2D eigenvalue weighted by atomic mass is 10.2. The van der Waals surface area contributed by atoms with E-state index >= 15 is 0 Å². The summed E-state index contributed by atoms with van der Waals surface area (Å²) in [7, 11) is 1.85. The van der Waals surface area contributed by atoms with Gasteiger partial charge < -0.3 is 10.6 Å². The van der Waals surface area contributed by atoms with Crippen LogP contribution in [0.15, 0.2) is 48.5 Å². The molecule has 2 aromatic carbocycles. The molecule has 0 amide bonds. The third kappa shape index (κ3) is 2.51. The first-order valence-corrected chi connectivity index (χ1v) is 6.43.